The minimum absolute atomic E-state index is 0.125. The third-order valence-corrected chi connectivity index (χ3v) is 7.94. The summed E-state index contributed by atoms with van der Waals surface area (Å²) in [5.41, 5.74) is -2.45. The summed E-state index contributed by atoms with van der Waals surface area (Å²) in [6.45, 7) is 2.45. The van der Waals surface area contributed by atoms with Crippen molar-refractivity contribution in [3.63, 3.8) is 0 Å². The lowest BCUT2D eigenvalue weighted by Crippen LogP contribution is -2.46. The van der Waals surface area contributed by atoms with E-state index < -0.39 is 45.6 Å². The number of carboxylic acid groups (broad SMARTS) is 1. The van der Waals surface area contributed by atoms with Crippen LogP contribution in [0.2, 0.25) is 10.0 Å². The molecule has 4 aromatic rings. The van der Waals surface area contributed by atoms with E-state index in [0.717, 1.165) is 65.4 Å². The quantitative estimate of drug-likeness (QED) is 0.116. The first-order valence-electron chi connectivity index (χ1n) is 14.4. The first-order valence-corrected chi connectivity index (χ1v) is 15.2. The molecule has 5 rings (SSSR count). The molecule has 18 heteroatoms. The molecule has 1 aromatic heterocycles. The molecule has 0 spiro atoms. The van der Waals surface area contributed by atoms with Gasteiger partial charge in [0.2, 0.25) is 0 Å². The lowest BCUT2D eigenvalue weighted by Gasteiger charge is -2.32. The van der Waals surface area contributed by atoms with Crippen molar-refractivity contribution in [1.29, 1.82) is 0 Å². The average Bonchev–Trinajstić information content (AvgIpc) is 3.43. The number of hydrogen-bond acceptors (Lipinski definition) is 8. The number of ether oxygens (including phenoxy) is 1. The maximum absolute atomic E-state index is 12.8. The first-order chi connectivity index (χ1) is 22.7. The smallest absolute Gasteiger partial charge is 0.416 e. The van der Waals surface area contributed by atoms with E-state index in [1.165, 1.54) is 6.42 Å². The standard InChI is InChI=1S/C16H20ClN5O2.C14H7ClF3NO5/c1-2-20(12-8-4-3-5-9-12)15(23)22-16(24)21(18-19-22)14-11-7-6-10-13(14)17;15-10-5-7(14(16,17)18)1-4-12(10)24-8-2-3-11(19(22)23)9(6-8)13(20)21/h6-7,10-12H,2-5,8-9H2,1H3;1-6H,(H,20,21). The number of amides is 1. The summed E-state index contributed by atoms with van der Waals surface area (Å²) in [5.74, 6) is -1.83. The Morgan fingerprint density at radius 1 is 1.04 bits per heavy atom. The first kappa shape index (κ1) is 35.9. The Balaban J connectivity index is 0.000000217. The van der Waals surface area contributed by atoms with Crippen molar-refractivity contribution in [2.24, 2.45) is 0 Å². The van der Waals surface area contributed by atoms with Crippen LogP contribution in [0.1, 0.15) is 54.9 Å². The summed E-state index contributed by atoms with van der Waals surface area (Å²) in [4.78, 5) is 48.0. The van der Waals surface area contributed by atoms with E-state index in [1.807, 2.05) is 6.92 Å². The lowest BCUT2D eigenvalue weighted by molar-refractivity contribution is -0.385. The number of benzene rings is 3. The number of alkyl halides is 3. The van der Waals surface area contributed by atoms with Crippen LogP contribution >= 0.6 is 23.2 Å². The van der Waals surface area contributed by atoms with Gasteiger partial charge in [-0.2, -0.15) is 17.9 Å². The minimum Gasteiger partial charge on any atom is -0.477 e. The molecule has 13 nitrogen and oxygen atoms in total. The Bertz CT molecular complexity index is 1880. The summed E-state index contributed by atoms with van der Waals surface area (Å²) < 4.78 is 44.8. The number of rotatable bonds is 7. The topological polar surface area (TPSA) is 163 Å². The van der Waals surface area contributed by atoms with Gasteiger partial charge in [0.05, 0.1) is 26.2 Å². The van der Waals surface area contributed by atoms with Gasteiger partial charge in [-0.25, -0.2) is 14.4 Å². The molecule has 1 saturated carbocycles. The number of carbonyl (C=O) groups excluding carboxylic acids is 1. The zero-order chi connectivity index (χ0) is 35.2. The van der Waals surface area contributed by atoms with Gasteiger partial charge >= 0.3 is 23.9 Å². The van der Waals surface area contributed by atoms with Gasteiger partial charge in [0.25, 0.3) is 5.69 Å². The Kier molecular flexibility index (Phi) is 11.4. The molecule has 3 aromatic carbocycles. The Hall–Kier alpha value is -4.96. The molecule has 254 valence electrons. The largest absolute Gasteiger partial charge is 0.477 e. The number of carbonyl (C=O) groups is 2. The highest BCUT2D eigenvalue weighted by Gasteiger charge is 2.31. The van der Waals surface area contributed by atoms with Gasteiger partial charge in [-0.1, -0.05) is 54.6 Å². The van der Waals surface area contributed by atoms with Crippen LogP contribution in [-0.2, 0) is 6.18 Å². The molecule has 1 heterocycles. The second kappa shape index (κ2) is 15.3. The van der Waals surface area contributed by atoms with Gasteiger partial charge in [-0.05, 0) is 66.6 Å². The fourth-order valence-electron chi connectivity index (χ4n) is 5.00. The van der Waals surface area contributed by atoms with E-state index in [-0.39, 0.29) is 22.6 Å². The lowest BCUT2D eigenvalue weighted by atomic mass is 9.94. The van der Waals surface area contributed by atoms with Crippen LogP contribution in [0.25, 0.3) is 5.69 Å². The van der Waals surface area contributed by atoms with Crippen molar-refractivity contribution < 1.29 is 37.5 Å². The van der Waals surface area contributed by atoms with Crippen molar-refractivity contribution in [2.75, 3.05) is 6.54 Å². The van der Waals surface area contributed by atoms with Gasteiger partial charge in [0.15, 0.2) is 0 Å². The maximum atomic E-state index is 12.8. The van der Waals surface area contributed by atoms with E-state index in [9.17, 15) is 37.7 Å². The molecule has 0 bridgehead atoms. The zero-order valence-electron chi connectivity index (χ0n) is 25.1. The Labute approximate surface area is 280 Å². The third kappa shape index (κ3) is 8.30. The van der Waals surface area contributed by atoms with Gasteiger partial charge < -0.3 is 14.7 Å². The second-order valence-corrected chi connectivity index (χ2v) is 11.2. The third-order valence-electron chi connectivity index (χ3n) is 7.33. The predicted molar refractivity (Wildman–Crippen MR) is 167 cm³/mol. The molecular weight excluding hydrogens is 684 g/mol. The molecule has 0 radical (unpaired) electrons. The van der Waals surface area contributed by atoms with Crippen molar-refractivity contribution in [1.82, 2.24) is 24.7 Å². The monoisotopic (exact) mass is 710 g/mol. The molecule has 0 unspecified atom stereocenters. The molecule has 0 atom stereocenters. The van der Waals surface area contributed by atoms with E-state index in [4.69, 9.17) is 33.0 Å². The minimum atomic E-state index is -4.58. The summed E-state index contributed by atoms with van der Waals surface area (Å²) in [6.07, 6.45) is 0.766. The summed E-state index contributed by atoms with van der Waals surface area (Å²) >= 11 is 11.8. The predicted octanol–water partition coefficient (Wildman–Crippen LogP) is 7.46. The van der Waals surface area contributed by atoms with Gasteiger partial charge in [0.1, 0.15) is 17.1 Å². The molecule has 1 aliphatic rings. The number of aromatic nitrogens is 4. The average molecular weight is 711 g/mol. The number of carboxylic acids is 1. The molecule has 1 fully saturated rings. The summed E-state index contributed by atoms with van der Waals surface area (Å²) in [7, 11) is 0. The second-order valence-electron chi connectivity index (χ2n) is 10.4. The molecule has 48 heavy (non-hydrogen) atoms. The number of nitro benzene ring substituents is 1. The van der Waals surface area contributed by atoms with Gasteiger partial charge in [-0.3, -0.25) is 10.1 Å². The highest BCUT2D eigenvalue weighted by atomic mass is 35.5. The number of nitrogens with zero attached hydrogens (tertiary/aromatic N) is 6. The van der Waals surface area contributed by atoms with Crippen LogP contribution in [0.3, 0.4) is 0 Å². The molecular formula is C30H27Cl2F3N6O7. The molecule has 1 amide bonds. The van der Waals surface area contributed by atoms with Crippen LogP contribution in [-0.4, -0.2) is 59.3 Å². The van der Waals surface area contributed by atoms with Crippen LogP contribution < -0.4 is 10.4 Å². The van der Waals surface area contributed by atoms with E-state index in [2.05, 4.69) is 10.4 Å². The highest BCUT2D eigenvalue weighted by molar-refractivity contribution is 6.32. The molecule has 1 N–H and O–H groups in total. The molecule has 1 aliphatic carbocycles. The number of aromatic carboxylic acids is 1. The maximum Gasteiger partial charge on any atom is 0.416 e. The van der Waals surface area contributed by atoms with E-state index >= 15 is 0 Å². The highest BCUT2D eigenvalue weighted by Crippen LogP contribution is 2.37. The van der Waals surface area contributed by atoms with Crippen LogP contribution in [0.5, 0.6) is 11.5 Å². The number of nitro groups is 1. The van der Waals surface area contributed by atoms with Gasteiger partial charge in [-0.15, -0.1) is 4.68 Å². The fraction of sp³-hybridized carbons (Fsp3) is 0.300. The van der Waals surface area contributed by atoms with Crippen LogP contribution in [0.15, 0.2) is 65.5 Å². The van der Waals surface area contributed by atoms with Crippen molar-refractivity contribution in [3.8, 4) is 17.2 Å². The summed E-state index contributed by atoms with van der Waals surface area (Å²) in [6, 6.07) is 11.8. The number of para-hydroxylation sites is 1. The Morgan fingerprint density at radius 2 is 1.73 bits per heavy atom. The van der Waals surface area contributed by atoms with Crippen molar-refractivity contribution in [3.05, 3.63) is 102 Å². The van der Waals surface area contributed by atoms with E-state index in [0.29, 0.717) is 23.3 Å². The van der Waals surface area contributed by atoms with E-state index in [1.54, 1.807) is 29.2 Å². The SMILES string of the molecule is CCN(C(=O)n1nnn(-c2ccccc2Cl)c1=O)C1CCCCC1.O=C(O)c1cc(Oc2ccc(C(F)(F)F)cc2Cl)ccc1[N+](=O)[O-]. The zero-order valence-corrected chi connectivity index (χ0v) is 26.6. The van der Waals surface area contributed by atoms with Crippen molar-refractivity contribution >= 4 is 40.9 Å². The molecule has 0 aliphatic heterocycles. The van der Waals surface area contributed by atoms with Crippen LogP contribution in [0, 0.1) is 10.1 Å². The fourth-order valence-corrected chi connectivity index (χ4v) is 5.44. The molecule has 0 saturated heterocycles. The normalized spacial score (nSPS) is 13.3. The number of halogens is 5. The van der Waals surface area contributed by atoms with Crippen LogP contribution in [0.4, 0.5) is 23.7 Å². The number of hydrogen-bond donors (Lipinski definition) is 1. The van der Waals surface area contributed by atoms with Gasteiger partial charge in [0, 0.05) is 24.7 Å². The van der Waals surface area contributed by atoms with Crippen molar-refractivity contribution in [2.45, 2.75) is 51.2 Å². The number of tetrazole rings is 1. The summed E-state index contributed by atoms with van der Waals surface area (Å²) in [5, 5.41) is 27.3. The Morgan fingerprint density at radius 3 is 2.31 bits per heavy atom.